The molecule has 8 bridgehead atoms. The Bertz CT molecular complexity index is 466. The van der Waals surface area contributed by atoms with E-state index < -0.39 is 0 Å². The molecule has 5 aliphatic carbocycles. The normalized spacial score (nSPS) is 52.9. The Balaban J connectivity index is 1.40. The fraction of sp³-hybridized carbons (Fsp3) is 1.00. The van der Waals surface area contributed by atoms with Crippen LogP contribution in [0.1, 0.15) is 103 Å². The smallest absolute Gasteiger partial charge is 0.0596 e. The van der Waals surface area contributed by atoms with Crippen LogP contribution in [0.25, 0.3) is 0 Å². The van der Waals surface area contributed by atoms with Gasteiger partial charge in [-0.1, -0.05) is 25.7 Å². The highest BCUT2D eigenvalue weighted by Gasteiger charge is 2.44. The zero-order chi connectivity index (χ0) is 22.2. The Hall–Kier alpha value is -0.160. The maximum absolute atomic E-state index is 11.3. The van der Waals surface area contributed by atoms with Gasteiger partial charge in [-0.15, -0.1) is 0 Å². The largest absolute Gasteiger partial charge is 0.393 e. The van der Waals surface area contributed by atoms with Crippen molar-refractivity contribution in [3.8, 4) is 0 Å². The molecule has 4 nitrogen and oxygen atoms in total. The molecule has 184 valence electrons. The first-order valence-corrected chi connectivity index (χ1v) is 14.2. The highest BCUT2D eigenvalue weighted by molar-refractivity contribution is 4.94. The van der Waals surface area contributed by atoms with Crippen LogP contribution < -0.4 is 0 Å². The van der Waals surface area contributed by atoms with Gasteiger partial charge in [0.15, 0.2) is 0 Å². The summed E-state index contributed by atoms with van der Waals surface area (Å²) in [6.45, 7) is 0. The van der Waals surface area contributed by atoms with Gasteiger partial charge in [0.25, 0.3) is 0 Å². The number of hydrogen-bond acceptors (Lipinski definition) is 4. The first-order chi connectivity index (χ1) is 15.5. The van der Waals surface area contributed by atoms with E-state index in [1.807, 2.05) is 0 Å². The number of aliphatic hydroxyl groups is 4. The van der Waals surface area contributed by atoms with Crippen molar-refractivity contribution in [3.63, 3.8) is 0 Å². The van der Waals surface area contributed by atoms with Crippen LogP contribution in [0, 0.1) is 47.3 Å². The lowest BCUT2D eigenvalue weighted by atomic mass is 9.63. The Morgan fingerprint density at radius 3 is 0.594 bits per heavy atom. The average Bonchev–Trinajstić information content (AvgIpc) is 2.78. The van der Waals surface area contributed by atoms with Crippen LogP contribution in [0.2, 0.25) is 0 Å². The molecule has 32 heavy (non-hydrogen) atoms. The second kappa shape index (κ2) is 10.2. The van der Waals surface area contributed by atoms with Crippen molar-refractivity contribution < 1.29 is 20.4 Å². The summed E-state index contributed by atoms with van der Waals surface area (Å²) >= 11 is 0. The highest BCUT2D eigenvalue weighted by Crippen LogP contribution is 2.47. The Morgan fingerprint density at radius 1 is 0.281 bits per heavy atom. The van der Waals surface area contributed by atoms with Crippen LogP contribution in [-0.4, -0.2) is 44.8 Å². The molecule has 0 aromatic rings. The molecule has 5 rings (SSSR count). The molecule has 0 spiro atoms. The van der Waals surface area contributed by atoms with Crippen molar-refractivity contribution in [1.29, 1.82) is 0 Å². The quantitative estimate of drug-likeness (QED) is 0.434. The van der Waals surface area contributed by atoms with Crippen molar-refractivity contribution in [2.24, 2.45) is 47.3 Å². The molecule has 0 heterocycles. The Labute approximate surface area is 195 Å². The van der Waals surface area contributed by atoms with Crippen LogP contribution in [0.3, 0.4) is 0 Å². The molecular weight excluding hydrogens is 400 g/mol. The third-order valence-corrected chi connectivity index (χ3v) is 10.9. The first kappa shape index (κ1) is 23.6. The zero-order valence-electron chi connectivity index (χ0n) is 20.0. The van der Waals surface area contributed by atoms with Crippen molar-refractivity contribution in [3.05, 3.63) is 0 Å². The summed E-state index contributed by atoms with van der Waals surface area (Å²) in [4.78, 5) is 0. The van der Waals surface area contributed by atoms with E-state index in [0.29, 0.717) is 47.3 Å². The zero-order valence-corrected chi connectivity index (χ0v) is 20.0. The van der Waals surface area contributed by atoms with E-state index in [0.717, 1.165) is 77.0 Å². The molecule has 5 saturated carbocycles. The molecule has 0 aromatic heterocycles. The monoisotopic (exact) mass is 448 g/mol. The number of fused-ring (bicyclic) bond motifs is 8. The van der Waals surface area contributed by atoms with Gasteiger partial charge in [-0.2, -0.15) is 0 Å². The third-order valence-electron chi connectivity index (χ3n) is 10.9. The van der Waals surface area contributed by atoms with E-state index in [4.69, 9.17) is 0 Å². The number of aliphatic hydroxyl groups excluding tert-OH is 4. The van der Waals surface area contributed by atoms with E-state index in [1.54, 1.807) is 0 Å². The Kier molecular flexibility index (Phi) is 7.53. The van der Waals surface area contributed by atoms with E-state index in [2.05, 4.69) is 0 Å². The maximum Gasteiger partial charge on any atom is 0.0596 e. The van der Waals surface area contributed by atoms with Crippen molar-refractivity contribution in [2.75, 3.05) is 0 Å². The lowest BCUT2D eigenvalue weighted by molar-refractivity contribution is -0.0747. The minimum Gasteiger partial charge on any atom is -0.393 e. The minimum absolute atomic E-state index is 0.266. The summed E-state index contributed by atoms with van der Waals surface area (Å²) in [6.07, 6.45) is 16.2. The summed E-state index contributed by atoms with van der Waals surface area (Å²) in [5.41, 5.74) is 0. The summed E-state index contributed by atoms with van der Waals surface area (Å²) < 4.78 is 0. The summed E-state index contributed by atoms with van der Waals surface area (Å²) in [5, 5.41) is 45.3. The maximum atomic E-state index is 11.3. The van der Waals surface area contributed by atoms with Crippen molar-refractivity contribution >= 4 is 0 Å². The third kappa shape index (κ3) is 4.81. The van der Waals surface area contributed by atoms with Crippen LogP contribution in [0.15, 0.2) is 0 Å². The van der Waals surface area contributed by atoms with Gasteiger partial charge >= 0.3 is 0 Å². The molecule has 0 saturated heterocycles. The van der Waals surface area contributed by atoms with Gasteiger partial charge in [0.1, 0.15) is 0 Å². The molecular formula is C28H48O4. The van der Waals surface area contributed by atoms with E-state index >= 15 is 0 Å². The summed E-state index contributed by atoms with van der Waals surface area (Å²) in [6, 6.07) is 0. The van der Waals surface area contributed by atoms with Crippen molar-refractivity contribution in [1.82, 2.24) is 0 Å². The first-order valence-electron chi connectivity index (χ1n) is 14.2. The average molecular weight is 449 g/mol. The molecule has 0 radical (unpaired) electrons. The molecule has 5 aliphatic rings. The van der Waals surface area contributed by atoms with Gasteiger partial charge in [0.2, 0.25) is 0 Å². The van der Waals surface area contributed by atoms with Crippen LogP contribution in [0.5, 0.6) is 0 Å². The fourth-order valence-electron chi connectivity index (χ4n) is 9.09. The molecule has 0 aromatic carbocycles. The molecule has 4 N–H and O–H groups in total. The summed E-state index contributed by atoms with van der Waals surface area (Å²) in [7, 11) is 0. The van der Waals surface area contributed by atoms with Crippen molar-refractivity contribution in [2.45, 2.75) is 127 Å². The lowest BCUT2D eigenvalue weighted by Crippen LogP contribution is -2.45. The van der Waals surface area contributed by atoms with Crippen LogP contribution in [0.4, 0.5) is 0 Å². The predicted molar refractivity (Wildman–Crippen MR) is 126 cm³/mol. The molecule has 5 fully saturated rings. The molecule has 4 unspecified atom stereocenters. The molecule has 0 aliphatic heterocycles. The number of hydrogen-bond donors (Lipinski definition) is 4. The highest BCUT2D eigenvalue weighted by atomic mass is 16.3. The van der Waals surface area contributed by atoms with Gasteiger partial charge in [-0.3, -0.25) is 0 Å². The van der Waals surface area contributed by atoms with E-state index in [9.17, 15) is 20.4 Å². The van der Waals surface area contributed by atoms with E-state index in [-0.39, 0.29) is 24.4 Å². The van der Waals surface area contributed by atoms with Gasteiger partial charge in [0.05, 0.1) is 24.4 Å². The SMILES string of the molecule is OC1[C@@H]2CCC[C@H]1C[C@@H]1CCC[C@H](C[C@H]3CCC[C@@H](C[C@@H]4CCC[C@H](C2)C4O)C3O)C1O. The lowest BCUT2D eigenvalue weighted by Gasteiger charge is -2.46. The van der Waals surface area contributed by atoms with Crippen LogP contribution >= 0.6 is 0 Å². The van der Waals surface area contributed by atoms with Gasteiger partial charge in [-0.05, 0) is 124 Å². The van der Waals surface area contributed by atoms with Gasteiger partial charge < -0.3 is 20.4 Å². The van der Waals surface area contributed by atoms with Gasteiger partial charge in [-0.25, -0.2) is 0 Å². The fourth-order valence-corrected chi connectivity index (χ4v) is 9.09. The van der Waals surface area contributed by atoms with Gasteiger partial charge in [0, 0.05) is 0 Å². The molecule has 0 amide bonds. The Morgan fingerprint density at radius 2 is 0.438 bits per heavy atom. The second-order valence-electron chi connectivity index (χ2n) is 12.7. The second-order valence-corrected chi connectivity index (χ2v) is 12.7. The molecule has 12 atom stereocenters. The summed E-state index contributed by atoms with van der Waals surface area (Å²) in [5.74, 6) is 2.45. The predicted octanol–water partition coefficient (Wildman–Crippen LogP) is 4.67. The van der Waals surface area contributed by atoms with Crippen LogP contribution in [-0.2, 0) is 0 Å². The standard InChI is InChI=1S/C28H48O4/c29-25-17-5-1-6-18(25)14-20-8-3-10-22(27(20)31)16-24-12-4-11-23(28(24)32)15-21-9-2-7-19(13-17)26(21)30/h17-32H,1-16H2/t17-,18+,19-,20+,21+,22-,23+,24-,25?,26?,27?,28?. The molecule has 4 heteroatoms. The van der Waals surface area contributed by atoms with E-state index in [1.165, 1.54) is 25.7 Å². The minimum atomic E-state index is -0.266. The topological polar surface area (TPSA) is 80.9 Å². The number of rotatable bonds is 0.